The maximum atomic E-state index is 11.4. The highest BCUT2D eigenvalue weighted by Gasteiger charge is 2.49. The third-order valence-corrected chi connectivity index (χ3v) is 3.32. The van der Waals surface area contributed by atoms with Crippen LogP contribution in [0.5, 0.6) is 0 Å². The molecule has 14 heavy (non-hydrogen) atoms. The zero-order chi connectivity index (χ0) is 10.3. The minimum atomic E-state index is -0.373. The fourth-order valence-corrected chi connectivity index (χ4v) is 2.41. The molecule has 2 amide bonds. The topological polar surface area (TPSA) is 68.2 Å². The molecule has 2 unspecified atom stereocenters. The van der Waals surface area contributed by atoms with Crippen LogP contribution in [0.3, 0.4) is 0 Å². The van der Waals surface area contributed by atoms with Crippen LogP contribution in [-0.4, -0.2) is 41.9 Å². The fraction of sp³-hybridized carbons (Fsp3) is 0.778. The molecule has 0 saturated carbocycles. The first-order valence-corrected chi connectivity index (χ1v) is 4.93. The minimum Gasteiger partial charge on any atom is -0.315 e. The van der Waals surface area contributed by atoms with Gasteiger partial charge in [-0.25, -0.2) is 4.79 Å². The summed E-state index contributed by atoms with van der Waals surface area (Å²) < 4.78 is 0. The van der Waals surface area contributed by atoms with Gasteiger partial charge < -0.3 is 10.2 Å². The number of hydrogen-bond acceptors (Lipinski definition) is 3. The van der Waals surface area contributed by atoms with E-state index in [2.05, 4.69) is 17.6 Å². The highest BCUT2D eigenvalue weighted by molar-refractivity contribution is 6.08. The third-order valence-electron chi connectivity index (χ3n) is 3.32. The summed E-state index contributed by atoms with van der Waals surface area (Å²) in [4.78, 5) is 13.1. The van der Waals surface area contributed by atoms with E-state index in [0.29, 0.717) is 11.9 Å². The van der Waals surface area contributed by atoms with Crippen LogP contribution in [0.1, 0.15) is 19.8 Å². The Kier molecular flexibility index (Phi) is 1.99. The van der Waals surface area contributed by atoms with Crippen molar-refractivity contribution in [1.82, 2.24) is 15.5 Å². The summed E-state index contributed by atoms with van der Waals surface area (Å²) in [5.41, 5.74) is -0.373. The summed E-state index contributed by atoms with van der Waals surface area (Å²) in [6.07, 6.45) is 1.65. The number of amides is 2. The molecular formula is C9H16N4O. The second-order valence-electron chi connectivity index (χ2n) is 4.21. The normalized spacial score (nSPS) is 37.9. The second-order valence-corrected chi connectivity index (χ2v) is 4.21. The quantitative estimate of drug-likeness (QED) is 0.515. The maximum Gasteiger partial charge on any atom is 0.323 e. The van der Waals surface area contributed by atoms with E-state index in [1.165, 1.54) is 0 Å². The Morgan fingerprint density at radius 2 is 2.36 bits per heavy atom. The van der Waals surface area contributed by atoms with Crippen molar-refractivity contribution in [1.29, 1.82) is 5.41 Å². The Bertz CT molecular complexity index is 291. The predicted molar refractivity (Wildman–Crippen MR) is 53.5 cm³/mol. The Hall–Kier alpha value is -1.10. The third kappa shape index (κ3) is 1.12. The summed E-state index contributed by atoms with van der Waals surface area (Å²) >= 11 is 0. The van der Waals surface area contributed by atoms with Crippen molar-refractivity contribution in [3.8, 4) is 0 Å². The molecule has 0 aromatic carbocycles. The van der Waals surface area contributed by atoms with E-state index >= 15 is 0 Å². The number of rotatable bonds is 0. The summed E-state index contributed by atoms with van der Waals surface area (Å²) in [6, 6.07) is 0.211. The van der Waals surface area contributed by atoms with Gasteiger partial charge in [-0.15, -0.1) is 0 Å². The van der Waals surface area contributed by atoms with Crippen molar-refractivity contribution >= 4 is 11.9 Å². The van der Waals surface area contributed by atoms with Gasteiger partial charge in [0.1, 0.15) is 11.4 Å². The summed E-state index contributed by atoms with van der Waals surface area (Å²) in [5.74, 6) is 0.360. The Morgan fingerprint density at radius 3 is 2.86 bits per heavy atom. The van der Waals surface area contributed by atoms with Crippen LogP contribution in [0.25, 0.3) is 0 Å². The Labute approximate surface area is 83.4 Å². The van der Waals surface area contributed by atoms with E-state index < -0.39 is 0 Å². The fourth-order valence-electron chi connectivity index (χ4n) is 2.41. The number of urea groups is 1. The zero-order valence-corrected chi connectivity index (χ0v) is 8.55. The van der Waals surface area contributed by atoms with Crippen molar-refractivity contribution < 1.29 is 4.79 Å². The molecule has 78 valence electrons. The Morgan fingerprint density at radius 1 is 1.64 bits per heavy atom. The minimum absolute atomic E-state index is 0.149. The first-order chi connectivity index (χ1) is 6.56. The van der Waals surface area contributed by atoms with Crippen LogP contribution in [-0.2, 0) is 0 Å². The first kappa shape index (κ1) is 9.45. The van der Waals surface area contributed by atoms with Crippen LogP contribution >= 0.6 is 0 Å². The van der Waals surface area contributed by atoms with Gasteiger partial charge in [-0.2, -0.15) is 0 Å². The van der Waals surface area contributed by atoms with Crippen molar-refractivity contribution in [2.75, 3.05) is 13.6 Å². The Balaban J connectivity index is 2.29. The molecule has 0 aromatic heterocycles. The van der Waals surface area contributed by atoms with E-state index in [9.17, 15) is 4.79 Å². The van der Waals surface area contributed by atoms with Gasteiger partial charge in [-0.05, 0) is 26.3 Å². The molecule has 2 aliphatic rings. The monoisotopic (exact) mass is 196 g/mol. The van der Waals surface area contributed by atoms with Crippen LogP contribution in [0.15, 0.2) is 0 Å². The molecule has 0 aromatic rings. The van der Waals surface area contributed by atoms with Crippen LogP contribution in [0, 0.1) is 5.41 Å². The smallest absolute Gasteiger partial charge is 0.315 e. The van der Waals surface area contributed by atoms with Crippen molar-refractivity contribution in [2.24, 2.45) is 0 Å². The van der Waals surface area contributed by atoms with E-state index in [1.54, 1.807) is 11.9 Å². The van der Waals surface area contributed by atoms with Crippen molar-refractivity contribution in [3.05, 3.63) is 0 Å². The number of nitrogens with one attached hydrogen (secondary N) is 3. The number of carbonyl (C=O) groups excluding carboxylic acids is 1. The average Bonchev–Trinajstić information content (AvgIpc) is 2.32. The SMILES string of the molecule is CC1CC2(CCN1)C(=N)NC(=O)N2C. The molecule has 0 bridgehead atoms. The highest BCUT2D eigenvalue weighted by Crippen LogP contribution is 2.31. The second kappa shape index (κ2) is 2.95. The number of carbonyl (C=O) groups is 1. The lowest BCUT2D eigenvalue weighted by atomic mass is 9.83. The van der Waals surface area contributed by atoms with Crippen LogP contribution in [0.2, 0.25) is 0 Å². The van der Waals surface area contributed by atoms with Gasteiger partial charge in [-0.1, -0.05) is 0 Å². The number of amidine groups is 1. The number of nitrogens with zero attached hydrogens (tertiary/aromatic N) is 1. The van der Waals surface area contributed by atoms with Gasteiger partial charge in [-0.3, -0.25) is 10.7 Å². The first-order valence-electron chi connectivity index (χ1n) is 4.93. The number of piperidine rings is 1. The van der Waals surface area contributed by atoms with Gasteiger partial charge >= 0.3 is 6.03 Å². The van der Waals surface area contributed by atoms with Crippen molar-refractivity contribution in [2.45, 2.75) is 31.3 Å². The van der Waals surface area contributed by atoms with E-state index in [0.717, 1.165) is 19.4 Å². The number of hydrogen-bond donors (Lipinski definition) is 3. The van der Waals surface area contributed by atoms with E-state index in [1.807, 2.05) is 0 Å². The molecule has 2 aliphatic heterocycles. The molecule has 0 aliphatic carbocycles. The van der Waals surface area contributed by atoms with Gasteiger partial charge in [0.25, 0.3) is 0 Å². The van der Waals surface area contributed by atoms with Gasteiger partial charge in [0.05, 0.1) is 0 Å². The van der Waals surface area contributed by atoms with Crippen molar-refractivity contribution in [3.63, 3.8) is 0 Å². The molecule has 3 N–H and O–H groups in total. The van der Waals surface area contributed by atoms with Gasteiger partial charge in [0.15, 0.2) is 0 Å². The maximum absolute atomic E-state index is 11.4. The van der Waals surface area contributed by atoms with Gasteiger partial charge in [0.2, 0.25) is 0 Å². The molecule has 2 saturated heterocycles. The summed E-state index contributed by atoms with van der Waals surface area (Å²) in [7, 11) is 1.77. The highest BCUT2D eigenvalue weighted by atomic mass is 16.2. The lowest BCUT2D eigenvalue weighted by Crippen LogP contribution is -2.56. The molecule has 2 rings (SSSR count). The van der Waals surface area contributed by atoms with Crippen LogP contribution in [0.4, 0.5) is 4.79 Å². The molecule has 2 heterocycles. The largest absolute Gasteiger partial charge is 0.323 e. The predicted octanol–water partition coefficient (Wildman–Crippen LogP) is 0.129. The van der Waals surface area contributed by atoms with Gasteiger partial charge in [0, 0.05) is 13.1 Å². The molecule has 2 fully saturated rings. The standard InChI is InChI=1S/C9H16N4O/c1-6-5-9(3-4-11-6)7(10)12-8(14)13(9)2/h6,11H,3-5H2,1-2H3,(H2,10,12,14). The number of likely N-dealkylation sites (N-methyl/N-ethyl adjacent to an activating group) is 1. The molecular weight excluding hydrogens is 180 g/mol. The molecule has 0 radical (unpaired) electrons. The molecule has 2 atom stereocenters. The van der Waals surface area contributed by atoms with E-state index in [-0.39, 0.29) is 11.6 Å². The summed E-state index contributed by atoms with van der Waals surface area (Å²) in [6.45, 7) is 2.95. The molecule has 5 nitrogen and oxygen atoms in total. The molecule has 5 heteroatoms. The zero-order valence-electron chi connectivity index (χ0n) is 8.55. The molecule has 1 spiro atoms. The lowest BCUT2D eigenvalue weighted by Gasteiger charge is -2.40. The average molecular weight is 196 g/mol. The van der Waals surface area contributed by atoms with Crippen LogP contribution < -0.4 is 10.6 Å². The lowest BCUT2D eigenvalue weighted by molar-refractivity contribution is 0.159. The summed E-state index contributed by atoms with van der Waals surface area (Å²) in [5, 5.41) is 13.8. The van der Waals surface area contributed by atoms with E-state index in [4.69, 9.17) is 5.41 Å².